The van der Waals surface area contributed by atoms with Gasteiger partial charge in [0, 0.05) is 6.61 Å². The van der Waals surface area contributed by atoms with Gasteiger partial charge in [-0.15, -0.1) is 0 Å². The maximum atomic E-state index is 12.8. The van der Waals surface area contributed by atoms with E-state index >= 15 is 0 Å². The highest BCUT2D eigenvalue weighted by Gasteiger charge is 2.28. The molecule has 0 saturated carbocycles. The summed E-state index contributed by atoms with van der Waals surface area (Å²) in [5, 5.41) is 2.11. The molecule has 1 rings (SSSR count). The zero-order valence-corrected chi connectivity index (χ0v) is 10.5. The van der Waals surface area contributed by atoms with Gasteiger partial charge in [-0.2, -0.15) is 0 Å². The average molecular weight is 266 g/mol. The Hall–Kier alpha value is -0.790. The molecule has 0 spiro atoms. The number of alkyl halides is 2. The maximum Gasteiger partial charge on any atom is 0.277 e. The highest BCUT2D eigenvalue weighted by molar-refractivity contribution is 5.80. The first-order chi connectivity index (χ1) is 8.44. The van der Waals surface area contributed by atoms with Crippen LogP contribution < -0.4 is 11.1 Å². The van der Waals surface area contributed by atoms with E-state index in [0.717, 1.165) is 12.8 Å². The van der Waals surface area contributed by atoms with Crippen molar-refractivity contribution in [2.45, 2.75) is 37.9 Å². The highest BCUT2D eigenvalue weighted by atomic mass is 19.3. The van der Waals surface area contributed by atoms with Gasteiger partial charge in [0.15, 0.2) is 0 Å². The fourth-order valence-electron chi connectivity index (χ4n) is 1.54. The van der Waals surface area contributed by atoms with Crippen molar-refractivity contribution in [3.63, 3.8) is 0 Å². The van der Waals surface area contributed by atoms with E-state index in [1.54, 1.807) is 0 Å². The van der Waals surface area contributed by atoms with E-state index < -0.39 is 31.0 Å². The molecule has 0 aromatic heterocycles. The van der Waals surface area contributed by atoms with E-state index in [1.807, 2.05) is 0 Å². The molecule has 1 heterocycles. The van der Waals surface area contributed by atoms with Crippen LogP contribution in [-0.4, -0.2) is 50.3 Å². The van der Waals surface area contributed by atoms with E-state index in [9.17, 15) is 13.6 Å². The Morgan fingerprint density at radius 3 is 2.94 bits per heavy atom. The summed E-state index contributed by atoms with van der Waals surface area (Å²) in [4.78, 5) is 11.5. The van der Waals surface area contributed by atoms with Gasteiger partial charge in [0.05, 0.1) is 25.8 Å². The molecule has 2 unspecified atom stereocenters. The normalized spacial score (nSPS) is 21.9. The van der Waals surface area contributed by atoms with Crippen molar-refractivity contribution in [3.05, 3.63) is 0 Å². The van der Waals surface area contributed by atoms with Crippen LogP contribution in [0.25, 0.3) is 0 Å². The van der Waals surface area contributed by atoms with Crippen LogP contribution in [-0.2, 0) is 14.3 Å². The molecule has 1 amide bonds. The van der Waals surface area contributed by atoms with Gasteiger partial charge in [0.2, 0.25) is 5.91 Å². The first-order valence-electron chi connectivity index (χ1n) is 6.03. The van der Waals surface area contributed by atoms with Gasteiger partial charge in [0.25, 0.3) is 5.92 Å². The van der Waals surface area contributed by atoms with E-state index in [1.165, 1.54) is 6.92 Å². The van der Waals surface area contributed by atoms with Gasteiger partial charge in [-0.3, -0.25) is 4.79 Å². The second-order valence-corrected chi connectivity index (χ2v) is 4.39. The third-order valence-corrected chi connectivity index (χ3v) is 2.75. The van der Waals surface area contributed by atoms with Gasteiger partial charge in [-0.1, -0.05) is 0 Å². The van der Waals surface area contributed by atoms with Crippen LogP contribution in [0.1, 0.15) is 19.8 Å². The van der Waals surface area contributed by atoms with Crippen molar-refractivity contribution < 1.29 is 23.0 Å². The minimum absolute atomic E-state index is 0.00531. The number of carbonyl (C=O) groups excluding carboxylic acids is 1. The molecule has 1 aliphatic heterocycles. The van der Waals surface area contributed by atoms with Crippen LogP contribution in [0.15, 0.2) is 0 Å². The second-order valence-electron chi connectivity index (χ2n) is 4.39. The molecule has 0 aliphatic carbocycles. The summed E-state index contributed by atoms with van der Waals surface area (Å²) >= 11 is 0. The van der Waals surface area contributed by atoms with Crippen LogP contribution in [0.3, 0.4) is 0 Å². The van der Waals surface area contributed by atoms with Crippen LogP contribution in [0, 0.1) is 0 Å². The number of rotatable bonds is 7. The quantitative estimate of drug-likeness (QED) is 0.694. The predicted molar refractivity (Wildman–Crippen MR) is 61.4 cm³/mol. The van der Waals surface area contributed by atoms with Gasteiger partial charge in [-0.25, -0.2) is 8.78 Å². The van der Waals surface area contributed by atoms with Gasteiger partial charge < -0.3 is 20.5 Å². The van der Waals surface area contributed by atoms with Gasteiger partial charge in [-0.05, 0) is 19.8 Å². The molecule has 1 fully saturated rings. The number of amides is 1. The number of hydrogen-bond donors (Lipinski definition) is 2. The van der Waals surface area contributed by atoms with Gasteiger partial charge in [0.1, 0.15) is 6.10 Å². The molecule has 0 aromatic carbocycles. The number of halogens is 2. The summed E-state index contributed by atoms with van der Waals surface area (Å²) in [5.74, 6) is -3.65. The minimum atomic E-state index is -3.08. The summed E-state index contributed by atoms with van der Waals surface area (Å²) in [5.41, 5.74) is 4.86. The summed E-state index contributed by atoms with van der Waals surface area (Å²) < 4.78 is 36.2. The molecule has 2 atom stereocenters. The lowest BCUT2D eigenvalue weighted by Crippen LogP contribution is -2.45. The van der Waals surface area contributed by atoms with Crippen LogP contribution in [0.4, 0.5) is 8.78 Å². The molecular formula is C11H20F2N2O3. The molecule has 7 heteroatoms. The van der Waals surface area contributed by atoms with E-state index in [0.29, 0.717) is 13.2 Å². The molecule has 3 N–H and O–H groups in total. The number of nitrogens with one attached hydrogen (secondary N) is 1. The highest BCUT2D eigenvalue weighted by Crippen LogP contribution is 2.13. The fraction of sp³-hybridized carbons (Fsp3) is 0.909. The fourth-order valence-corrected chi connectivity index (χ4v) is 1.54. The molecule has 0 bridgehead atoms. The third kappa shape index (κ3) is 5.24. The molecular weight excluding hydrogens is 246 g/mol. The lowest BCUT2D eigenvalue weighted by Gasteiger charge is -2.18. The number of carbonyl (C=O) groups is 1. The number of nitrogens with two attached hydrogens (primary N) is 1. The van der Waals surface area contributed by atoms with Crippen molar-refractivity contribution in [1.82, 2.24) is 5.32 Å². The van der Waals surface area contributed by atoms with E-state index in [-0.39, 0.29) is 6.10 Å². The van der Waals surface area contributed by atoms with E-state index in [4.69, 9.17) is 15.2 Å². The molecule has 0 aromatic rings. The Kier molecular flexibility index (Phi) is 5.90. The maximum absolute atomic E-state index is 12.8. The summed E-state index contributed by atoms with van der Waals surface area (Å²) in [6.07, 6.45) is 1.12. The predicted octanol–water partition coefficient (Wildman–Crippen LogP) is 0.281. The average Bonchev–Trinajstić information content (AvgIpc) is 2.86. The zero-order chi connectivity index (χ0) is 13.6. The van der Waals surface area contributed by atoms with Crippen LogP contribution >= 0.6 is 0 Å². The first-order valence-corrected chi connectivity index (χ1v) is 6.03. The topological polar surface area (TPSA) is 73.6 Å². The Morgan fingerprint density at radius 1 is 1.67 bits per heavy atom. The Labute approximate surface area is 105 Å². The Morgan fingerprint density at radius 2 is 2.39 bits per heavy atom. The third-order valence-electron chi connectivity index (χ3n) is 2.75. The van der Waals surface area contributed by atoms with Crippen molar-refractivity contribution in [2.75, 3.05) is 26.3 Å². The summed E-state index contributed by atoms with van der Waals surface area (Å²) in [6.45, 7) is 0.971. The Bertz CT molecular complexity index is 271. The minimum Gasteiger partial charge on any atom is -0.376 e. The molecule has 1 aliphatic rings. The van der Waals surface area contributed by atoms with Crippen molar-refractivity contribution in [3.8, 4) is 0 Å². The molecule has 1 saturated heterocycles. The first kappa shape index (κ1) is 15.3. The van der Waals surface area contributed by atoms with Crippen molar-refractivity contribution in [2.24, 2.45) is 5.73 Å². The van der Waals surface area contributed by atoms with Crippen molar-refractivity contribution >= 4 is 5.91 Å². The second kappa shape index (κ2) is 6.96. The largest absolute Gasteiger partial charge is 0.376 e. The molecule has 18 heavy (non-hydrogen) atoms. The smallest absolute Gasteiger partial charge is 0.277 e. The lowest BCUT2D eigenvalue weighted by molar-refractivity contribution is -0.135. The summed E-state index contributed by atoms with van der Waals surface area (Å²) in [7, 11) is 0. The monoisotopic (exact) mass is 266 g/mol. The van der Waals surface area contributed by atoms with Crippen LogP contribution in [0.2, 0.25) is 0 Å². The van der Waals surface area contributed by atoms with Crippen LogP contribution in [0.5, 0.6) is 0 Å². The van der Waals surface area contributed by atoms with Gasteiger partial charge >= 0.3 is 0 Å². The molecule has 106 valence electrons. The molecule has 5 nitrogen and oxygen atoms in total. The Balaban J connectivity index is 2.19. The standard InChI is InChI=1S/C11H20F2N2O3/c1-8(18-5-9-3-2-4-17-9)10(16)15-7-11(12,13)6-14/h8-9H,2-7,14H2,1H3,(H,15,16). The number of hydrogen-bond acceptors (Lipinski definition) is 4. The zero-order valence-electron chi connectivity index (χ0n) is 10.5. The summed E-state index contributed by atoms with van der Waals surface area (Å²) in [6, 6.07) is 0. The van der Waals surface area contributed by atoms with Crippen molar-refractivity contribution in [1.29, 1.82) is 0 Å². The van der Waals surface area contributed by atoms with E-state index in [2.05, 4.69) is 5.32 Å². The number of ether oxygens (including phenoxy) is 2. The lowest BCUT2D eigenvalue weighted by atomic mass is 10.2. The SMILES string of the molecule is CC(OCC1CCCO1)C(=O)NCC(F)(F)CN. The molecule has 0 radical (unpaired) electrons.